The minimum atomic E-state index is -0.567. The molecule has 0 saturated heterocycles. The number of aliphatic hydroxyl groups excluding tert-OH is 1. The van der Waals surface area contributed by atoms with Gasteiger partial charge in [-0.3, -0.25) is 4.79 Å². The molecule has 2 rings (SSSR count). The maximum atomic E-state index is 12.1. The summed E-state index contributed by atoms with van der Waals surface area (Å²) in [6.07, 6.45) is 1.15. The van der Waals surface area contributed by atoms with Crippen molar-refractivity contribution in [3.05, 3.63) is 42.2 Å². The molecule has 0 saturated carbocycles. The minimum Gasteiger partial charge on any atom is -0.399 e. The van der Waals surface area contributed by atoms with Crippen LogP contribution < -0.4 is 5.73 Å². The number of benzene rings is 1. The average molecular weight is 274 g/mol. The predicted molar refractivity (Wildman–Crippen MR) is 76.6 cm³/mol. The SMILES string of the molecule is CC(O)CN(C)C(=O)c1ccn(-c2ccc(N)cc2)n1. The molecule has 0 bridgehead atoms. The number of nitrogen functional groups attached to an aromatic ring is 1. The second-order valence-electron chi connectivity index (χ2n) is 4.77. The standard InChI is InChI=1S/C14H18N4O2/c1-10(19)9-17(2)14(20)13-7-8-18(16-13)12-5-3-11(15)4-6-12/h3-8,10,19H,9,15H2,1-2H3. The van der Waals surface area contributed by atoms with E-state index in [0.29, 0.717) is 11.4 Å². The van der Waals surface area contributed by atoms with Crippen LogP contribution in [0.1, 0.15) is 17.4 Å². The highest BCUT2D eigenvalue weighted by molar-refractivity contribution is 5.92. The van der Waals surface area contributed by atoms with E-state index in [2.05, 4.69) is 5.10 Å². The van der Waals surface area contributed by atoms with E-state index in [-0.39, 0.29) is 12.5 Å². The number of hydrogen-bond acceptors (Lipinski definition) is 4. The quantitative estimate of drug-likeness (QED) is 0.812. The molecule has 0 aliphatic heterocycles. The molecule has 106 valence electrons. The Hall–Kier alpha value is -2.34. The monoisotopic (exact) mass is 274 g/mol. The van der Waals surface area contributed by atoms with E-state index < -0.39 is 6.10 Å². The van der Waals surface area contributed by atoms with Crippen LogP contribution in [0.15, 0.2) is 36.5 Å². The molecule has 20 heavy (non-hydrogen) atoms. The van der Waals surface area contributed by atoms with Crippen molar-refractivity contribution in [3.63, 3.8) is 0 Å². The zero-order valence-corrected chi connectivity index (χ0v) is 11.5. The Morgan fingerprint density at radius 1 is 1.40 bits per heavy atom. The number of nitrogens with zero attached hydrogens (tertiary/aromatic N) is 3. The minimum absolute atomic E-state index is 0.222. The van der Waals surface area contributed by atoms with Gasteiger partial charge in [0.2, 0.25) is 0 Å². The summed E-state index contributed by atoms with van der Waals surface area (Å²) < 4.78 is 1.61. The Morgan fingerprint density at radius 2 is 2.05 bits per heavy atom. The third-order valence-corrected chi connectivity index (χ3v) is 2.85. The Kier molecular flexibility index (Phi) is 4.05. The lowest BCUT2D eigenvalue weighted by Gasteiger charge is -2.17. The fourth-order valence-corrected chi connectivity index (χ4v) is 1.88. The molecule has 1 unspecified atom stereocenters. The first kappa shape index (κ1) is 14.1. The number of rotatable bonds is 4. The van der Waals surface area contributed by atoms with E-state index in [1.165, 1.54) is 4.90 Å². The van der Waals surface area contributed by atoms with Gasteiger partial charge in [-0.05, 0) is 37.3 Å². The molecule has 0 aliphatic rings. The molecule has 1 heterocycles. The molecule has 0 radical (unpaired) electrons. The van der Waals surface area contributed by atoms with Gasteiger partial charge in [-0.25, -0.2) is 4.68 Å². The van der Waals surface area contributed by atoms with E-state index in [1.807, 2.05) is 12.1 Å². The first-order valence-electron chi connectivity index (χ1n) is 6.32. The van der Waals surface area contributed by atoms with Gasteiger partial charge in [0.15, 0.2) is 5.69 Å². The smallest absolute Gasteiger partial charge is 0.274 e. The third kappa shape index (κ3) is 3.16. The van der Waals surface area contributed by atoms with Crippen LogP contribution in [-0.4, -0.2) is 45.4 Å². The van der Waals surface area contributed by atoms with E-state index in [4.69, 9.17) is 5.73 Å². The normalized spacial score (nSPS) is 12.2. The van der Waals surface area contributed by atoms with Gasteiger partial charge in [-0.15, -0.1) is 0 Å². The Labute approximate surface area is 117 Å². The van der Waals surface area contributed by atoms with Gasteiger partial charge in [0, 0.05) is 25.5 Å². The second kappa shape index (κ2) is 5.75. The highest BCUT2D eigenvalue weighted by atomic mass is 16.3. The Balaban J connectivity index is 2.16. The average Bonchev–Trinajstić information content (AvgIpc) is 2.87. The summed E-state index contributed by atoms with van der Waals surface area (Å²) in [5.41, 5.74) is 7.47. The van der Waals surface area contributed by atoms with Crippen molar-refractivity contribution in [3.8, 4) is 5.69 Å². The lowest BCUT2D eigenvalue weighted by molar-refractivity contribution is 0.0697. The van der Waals surface area contributed by atoms with E-state index in [9.17, 15) is 9.90 Å². The Bertz CT molecular complexity index is 589. The molecule has 1 atom stereocenters. The number of likely N-dealkylation sites (N-methyl/N-ethyl adjacent to an activating group) is 1. The predicted octanol–water partition coefficient (Wildman–Crippen LogP) is 0.907. The van der Waals surface area contributed by atoms with Gasteiger partial charge >= 0.3 is 0 Å². The van der Waals surface area contributed by atoms with Gasteiger partial charge in [0.05, 0.1) is 11.8 Å². The first-order valence-corrected chi connectivity index (χ1v) is 6.32. The molecule has 1 aromatic heterocycles. The molecular weight excluding hydrogens is 256 g/mol. The lowest BCUT2D eigenvalue weighted by Crippen LogP contribution is -2.33. The number of carbonyl (C=O) groups is 1. The molecule has 2 aromatic rings. The van der Waals surface area contributed by atoms with Crippen LogP contribution in [-0.2, 0) is 0 Å². The van der Waals surface area contributed by atoms with Crippen molar-refractivity contribution in [1.82, 2.24) is 14.7 Å². The summed E-state index contributed by atoms with van der Waals surface area (Å²) in [6, 6.07) is 8.86. The van der Waals surface area contributed by atoms with E-state index in [1.54, 1.807) is 43.0 Å². The number of amides is 1. The number of anilines is 1. The van der Waals surface area contributed by atoms with Crippen LogP contribution in [0.4, 0.5) is 5.69 Å². The third-order valence-electron chi connectivity index (χ3n) is 2.85. The van der Waals surface area contributed by atoms with Crippen molar-refractivity contribution < 1.29 is 9.90 Å². The maximum absolute atomic E-state index is 12.1. The summed E-state index contributed by atoms with van der Waals surface area (Å²) >= 11 is 0. The van der Waals surface area contributed by atoms with Crippen LogP contribution in [0.3, 0.4) is 0 Å². The summed E-state index contributed by atoms with van der Waals surface area (Å²) in [6.45, 7) is 1.91. The van der Waals surface area contributed by atoms with Crippen LogP contribution >= 0.6 is 0 Å². The number of aromatic nitrogens is 2. The molecule has 6 nitrogen and oxygen atoms in total. The fraction of sp³-hybridized carbons (Fsp3) is 0.286. The van der Waals surface area contributed by atoms with Crippen molar-refractivity contribution in [1.29, 1.82) is 0 Å². The largest absolute Gasteiger partial charge is 0.399 e. The molecule has 6 heteroatoms. The lowest BCUT2D eigenvalue weighted by atomic mass is 10.3. The van der Waals surface area contributed by atoms with Gasteiger partial charge in [0.1, 0.15) is 0 Å². The van der Waals surface area contributed by atoms with Crippen molar-refractivity contribution in [2.45, 2.75) is 13.0 Å². The Morgan fingerprint density at radius 3 is 2.65 bits per heavy atom. The zero-order valence-electron chi connectivity index (χ0n) is 11.5. The van der Waals surface area contributed by atoms with Crippen LogP contribution in [0.2, 0.25) is 0 Å². The summed E-state index contributed by atoms with van der Waals surface area (Å²) in [7, 11) is 1.64. The molecule has 3 N–H and O–H groups in total. The van der Waals surface area contributed by atoms with Crippen molar-refractivity contribution >= 4 is 11.6 Å². The van der Waals surface area contributed by atoms with Crippen molar-refractivity contribution in [2.75, 3.05) is 19.3 Å². The van der Waals surface area contributed by atoms with Gasteiger partial charge in [0.25, 0.3) is 5.91 Å². The number of hydrogen-bond donors (Lipinski definition) is 2. The maximum Gasteiger partial charge on any atom is 0.274 e. The molecule has 1 amide bonds. The number of aliphatic hydroxyl groups is 1. The van der Waals surface area contributed by atoms with Crippen LogP contribution in [0.5, 0.6) is 0 Å². The van der Waals surface area contributed by atoms with Crippen LogP contribution in [0.25, 0.3) is 5.69 Å². The zero-order chi connectivity index (χ0) is 14.7. The highest BCUT2D eigenvalue weighted by Crippen LogP contribution is 2.11. The van der Waals surface area contributed by atoms with Crippen LogP contribution in [0, 0.1) is 0 Å². The first-order chi connectivity index (χ1) is 9.47. The summed E-state index contributed by atoms with van der Waals surface area (Å²) in [5, 5.41) is 13.5. The van der Waals surface area contributed by atoms with Crippen molar-refractivity contribution in [2.24, 2.45) is 0 Å². The molecule has 1 aromatic carbocycles. The molecule has 0 fully saturated rings. The summed E-state index contributed by atoms with van der Waals surface area (Å²) in [4.78, 5) is 13.5. The number of nitrogens with two attached hydrogens (primary N) is 1. The van der Waals surface area contributed by atoms with Gasteiger partial charge in [-0.1, -0.05) is 0 Å². The van der Waals surface area contributed by atoms with E-state index >= 15 is 0 Å². The van der Waals surface area contributed by atoms with Gasteiger partial charge < -0.3 is 15.7 Å². The summed E-state index contributed by atoms with van der Waals surface area (Å²) in [5.74, 6) is -0.222. The second-order valence-corrected chi connectivity index (χ2v) is 4.77. The molecule has 0 aliphatic carbocycles. The highest BCUT2D eigenvalue weighted by Gasteiger charge is 2.16. The van der Waals surface area contributed by atoms with E-state index in [0.717, 1.165) is 5.69 Å². The fourth-order valence-electron chi connectivity index (χ4n) is 1.88. The van der Waals surface area contributed by atoms with Gasteiger partial charge in [-0.2, -0.15) is 5.10 Å². The number of carbonyl (C=O) groups excluding carboxylic acids is 1. The molecule has 0 spiro atoms. The topological polar surface area (TPSA) is 84.4 Å². The molecular formula is C14H18N4O2.